The van der Waals surface area contributed by atoms with Gasteiger partial charge in [0.2, 0.25) is 0 Å². The Labute approximate surface area is 157 Å². The number of carboxylic acid groups (broad SMARTS) is 1. The van der Waals surface area contributed by atoms with E-state index in [1.807, 2.05) is 25.1 Å². The number of carbonyl (C=O) groups is 2. The monoisotopic (exact) mass is 373 g/mol. The molecule has 5 nitrogen and oxygen atoms in total. The summed E-state index contributed by atoms with van der Waals surface area (Å²) in [5.74, 6) is -0.276. The third kappa shape index (κ3) is 5.26. The zero-order valence-corrected chi connectivity index (χ0v) is 15.9. The summed E-state index contributed by atoms with van der Waals surface area (Å²) in [5, 5.41) is 11.4. The Hall–Kier alpha value is -2.47. The lowest BCUT2D eigenvalue weighted by Crippen LogP contribution is -2.26. The van der Waals surface area contributed by atoms with E-state index in [0.717, 1.165) is 16.9 Å². The number of carbonyl (C=O) groups excluding carboxylic acids is 1. The molecule has 26 heavy (non-hydrogen) atoms. The Morgan fingerprint density at radius 3 is 2.65 bits per heavy atom. The molecule has 2 aromatic rings. The van der Waals surface area contributed by atoms with Gasteiger partial charge in [0.05, 0.1) is 12.7 Å². The zero-order chi connectivity index (χ0) is 19.1. The molecule has 0 heterocycles. The van der Waals surface area contributed by atoms with Crippen molar-refractivity contribution < 1.29 is 19.4 Å². The average molecular weight is 373 g/mol. The smallest absolute Gasteiger partial charge is 0.316 e. The molecule has 0 aliphatic carbocycles. The third-order valence-electron chi connectivity index (χ3n) is 3.95. The maximum atomic E-state index is 12.5. The van der Waals surface area contributed by atoms with Gasteiger partial charge in [-0.3, -0.25) is 9.59 Å². The molecular formula is C20H23NO4S. The Morgan fingerprint density at radius 1 is 1.23 bits per heavy atom. The number of methoxy groups -OCH3 is 1. The Balaban J connectivity index is 1.99. The SMILES string of the molecule is COc1cc(CCNC(=O)c2ccccc2SC(C)C(=O)O)ccc1C. The fourth-order valence-corrected chi connectivity index (χ4v) is 3.36. The summed E-state index contributed by atoms with van der Waals surface area (Å²) in [5.41, 5.74) is 2.64. The number of benzene rings is 2. The van der Waals surface area contributed by atoms with E-state index in [1.165, 1.54) is 11.8 Å². The second-order valence-corrected chi connectivity index (χ2v) is 7.29. The van der Waals surface area contributed by atoms with Gasteiger partial charge in [-0.05, 0) is 49.6 Å². The van der Waals surface area contributed by atoms with Gasteiger partial charge in [-0.1, -0.05) is 24.3 Å². The van der Waals surface area contributed by atoms with Gasteiger partial charge >= 0.3 is 5.97 Å². The van der Waals surface area contributed by atoms with Crippen LogP contribution in [0.2, 0.25) is 0 Å². The summed E-state index contributed by atoms with van der Waals surface area (Å²) in [6.07, 6.45) is 0.684. The molecule has 138 valence electrons. The van der Waals surface area contributed by atoms with Crippen LogP contribution in [0.15, 0.2) is 47.4 Å². The highest BCUT2D eigenvalue weighted by atomic mass is 32.2. The summed E-state index contributed by atoms with van der Waals surface area (Å²) in [6, 6.07) is 13.0. The van der Waals surface area contributed by atoms with Gasteiger partial charge in [-0.2, -0.15) is 0 Å². The fourth-order valence-electron chi connectivity index (χ4n) is 2.43. The van der Waals surface area contributed by atoms with Gasteiger partial charge in [-0.25, -0.2) is 0 Å². The number of thioether (sulfide) groups is 1. The molecule has 2 aromatic carbocycles. The van der Waals surface area contributed by atoms with Crippen molar-refractivity contribution in [1.29, 1.82) is 0 Å². The van der Waals surface area contributed by atoms with E-state index in [4.69, 9.17) is 9.84 Å². The zero-order valence-electron chi connectivity index (χ0n) is 15.1. The van der Waals surface area contributed by atoms with E-state index in [9.17, 15) is 9.59 Å². The lowest BCUT2D eigenvalue weighted by molar-refractivity contribution is -0.136. The van der Waals surface area contributed by atoms with Crippen molar-refractivity contribution in [2.45, 2.75) is 30.4 Å². The molecule has 0 aliphatic rings. The average Bonchev–Trinajstić information content (AvgIpc) is 2.63. The molecule has 2 rings (SSSR count). The Kier molecular flexibility index (Phi) is 7.09. The number of nitrogens with one attached hydrogen (secondary N) is 1. The molecule has 0 bridgehead atoms. The van der Waals surface area contributed by atoms with Crippen molar-refractivity contribution in [2.75, 3.05) is 13.7 Å². The molecule has 1 atom stereocenters. The minimum absolute atomic E-state index is 0.204. The molecule has 1 unspecified atom stereocenters. The van der Waals surface area contributed by atoms with Crippen LogP contribution in [-0.2, 0) is 11.2 Å². The normalized spacial score (nSPS) is 11.7. The van der Waals surface area contributed by atoms with Crippen LogP contribution in [0.4, 0.5) is 0 Å². The number of hydrogen-bond acceptors (Lipinski definition) is 4. The second kappa shape index (κ2) is 9.29. The first-order valence-electron chi connectivity index (χ1n) is 8.32. The summed E-state index contributed by atoms with van der Waals surface area (Å²) in [4.78, 5) is 24.2. The van der Waals surface area contributed by atoms with Gasteiger partial charge in [0.15, 0.2) is 0 Å². The third-order valence-corrected chi connectivity index (χ3v) is 5.12. The summed E-state index contributed by atoms with van der Waals surface area (Å²) in [7, 11) is 1.64. The highest BCUT2D eigenvalue weighted by Crippen LogP contribution is 2.27. The minimum Gasteiger partial charge on any atom is -0.496 e. The molecule has 0 saturated carbocycles. The quantitative estimate of drug-likeness (QED) is 0.692. The van der Waals surface area contributed by atoms with E-state index >= 15 is 0 Å². The van der Waals surface area contributed by atoms with Crippen LogP contribution < -0.4 is 10.1 Å². The minimum atomic E-state index is -0.904. The molecule has 0 aliphatic heterocycles. The maximum Gasteiger partial charge on any atom is 0.316 e. The number of rotatable bonds is 8. The summed E-state index contributed by atoms with van der Waals surface area (Å²) >= 11 is 1.17. The predicted molar refractivity (Wildman–Crippen MR) is 103 cm³/mol. The predicted octanol–water partition coefficient (Wildman–Crippen LogP) is 3.54. The van der Waals surface area contributed by atoms with E-state index in [0.29, 0.717) is 23.4 Å². The van der Waals surface area contributed by atoms with Gasteiger partial charge < -0.3 is 15.2 Å². The number of aryl methyl sites for hydroxylation is 1. The van der Waals surface area contributed by atoms with Crippen molar-refractivity contribution >= 4 is 23.6 Å². The first-order chi connectivity index (χ1) is 12.4. The number of ether oxygens (including phenoxy) is 1. The summed E-state index contributed by atoms with van der Waals surface area (Å²) in [6.45, 7) is 4.07. The van der Waals surface area contributed by atoms with Gasteiger partial charge in [0.1, 0.15) is 11.0 Å². The van der Waals surface area contributed by atoms with Crippen LogP contribution in [0.5, 0.6) is 5.75 Å². The maximum absolute atomic E-state index is 12.5. The van der Waals surface area contributed by atoms with Crippen molar-refractivity contribution in [2.24, 2.45) is 0 Å². The van der Waals surface area contributed by atoms with Gasteiger partial charge in [-0.15, -0.1) is 11.8 Å². The standard InChI is InChI=1S/C20H23NO4S/c1-13-8-9-15(12-17(13)25-3)10-11-21-19(22)16-6-4-5-7-18(16)26-14(2)20(23)24/h4-9,12,14H,10-11H2,1-3H3,(H,21,22)(H,23,24). The molecule has 0 aromatic heterocycles. The van der Waals surface area contributed by atoms with Crippen molar-refractivity contribution in [3.05, 3.63) is 59.2 Å². The Bertz CT molecular complexity index is 791. The largest absolute Gasteiger partial charge is 0.496 e. The van der Waals surface area contributed by atoms with Crippen LogP contribution in [0.1, 0.15) is 28.4 Å². The molecule has 0 saturated heterocycles. The highest BCUT2D eigenvalue weighted by molar-refractivity contribution is 8.00. The molecule has 0 fully saturated rings. The number of aliphatic carboxylic acids is 1. The van der Waals surface area contributed by atoms with Crippen LogP contribution in [0, 0.1) is 6.92 Å². The number of hydrogen-bond donors (Lipinski definition) is 2. The first-order valence-corrected chi connectivity index (χ1v) is 9.20. The lowest BCUT2D eigenvalue weighted by Gasteiger charge is -2.12. The van der Waals surface area contributed by atoms with Crippen molar-refractivity contribution in [3.63, 3.8) is 0 Å². The molecule has 0 spiro atoms. The van der Waals surface area contributed by atoms with Crippen molar-refractivity contribution in [3.8, 4) is 5.75 Å². The van der Waals surface area contributed by atoms with E-state index < -0.39 is 11.2 Å². The second-order valence-electron chi connectivity index (χ2n) is 5.90. The molecular weight excluding hydrogens is 350 g/mol. The van der Waals surface area contributed by atoms with Crippen LogP contribution in [0.3, 0.4) is 0 Å². The topological polar surface area (TPSA) is 75.6 Å². The van der Waals surface area contributed by atoms with Crippen LogP contribution in [-0.4, -0.2) is 35.9 Å². The fraction of sp³-hybridized carbons (Fsp3) is 0.300. The van der Waals surface area contributed by atoms with Crippen molar-refractivity contribution in [1.82, 2.24) is 5.32 Å². The van der Waals surface area contributed by atoms with Gasteiger partial charge in [0.25, 0.3) is 5.91 Å². The molecule has 0 radical (unpaired) electrons. The Morgan fingerprint density at radius 2 is 1.96 bits per heavy atom. The van der Waals surface area contributed by atoms with E-state index in [-0.39, 0.29) is 5.91 Å². The van der Waals surface area contributed by atoms with E-state index in [1.54, 1.807) is 38.3 Å². The number of carboxylic acids is 1. The summed E-state index contributed by atoms with van der Waals surface area (Å²) < 4.78 is 5.32. The molecule has 1 amide bonds. The molecule has 6 heteroatoms. The number of amides is 1. The van der Waals surface area contributed by atoms with Crippen LogP contribution >= 0.6 is 11.8 Å². The van der Waals surface area contributed by atoms with Gasteiger partial charge in [0, 0.05) is 11.4 Å². The lowest BCUT2D eigenvalue weighted by atomic mass is 10.1. The highest BCUT2D eigenvalue weighted by Gasteiger charge is 2.17. The van der Waals surface area contributed by atoms with Crippen LogP contribution in [0.25, 0.3) is 0 Å². The molecule has 2 N–H and O–H groups in total. The first kappa shape index (κ1) is 19.8. The van der Waals surface area contributed by atoms with E-state index in [2.05, 4.69) is 5.32 Å².